The number of halogens is 3. The van der Waals surface area contributed by atoms with Gasteiger partial charge in [-0.25, -0.2) is 0 Å². The lowest BCUT2D eigenvalue weighted by Crippen LogP contribution is -2.51. The number of benzene rings is 1. The van der Waals surface area contributed by atoms with Crippen LogP contribution in [-0.4, -0.2) is 61.5 Å². The minimum Gasteiger partial charge on any atom is -0.354 e. The second kappa shape index (κ2) is 13.6. The number of carbonyl (C=O) groups is 1. The average molecular weight is 442 g/mol. The number of amides is 1. The topological polar surface area (TPSA) is 61.6 Å². The summed E-state index contributed by atoms with van der Waals surface area (Å²) in [5, 5.41) is 3.03. The molecule has 1 amide bonds. The Kier molecular flexibility index (Phi) is 14.4. The highest BCUT2D eigenvalue weighted by Gasteiger charge is 2.30. The van der Waals surface area contributed by atoms with Gasteiger partial charge >= 0.3 is 0 Å². The number of nitrogens with one attached hydrogen (secondary N) is 1. The van der Waals surface area contributed by atoms with E-state index in [2.05, 4.69) is 29.0 Å². The van der Waals surface area contributed by atoms with Crippen LogP contribution in [0.25, 0.3) is 0 Å². The Balaban J connectivity index is 0. The van der Waals surface area contributed by atoms with E-state index in [0.717, 1.165) is 44.8 Å². The van der Waals surface area contributed by atoms with Crippen LogP contribution in [0, 0.1) is 5.92 Å². The molecule has 2 rings (SSSR count). The van der Waals surface area contributed by atoms with E-state index < -0.39 is 5.54 Å². The highest BCUT2D eigenvalue weighted by atomic mass is 35.5. The highest BCUT2D eigenvalue weighted by Crippen LogP contribution is 2.17. The summed E-state index contributed by atoms with van der Waals surface area (Å²) in [6, 6.07) is 9.54. The van der Waals surface area contributed by atoms with Crippen molar-refractivity contribution in [2.75, 3.05) is 45.8 Å². The summed E-state index contributed by atoms with van der Waals surface area (Å²) < 4.78 is 0. The second-order valence-corrected chi connectivity index (χ2v) is 7.12. The quantitative estimate of drug-likeness (QED) is 0.682. The van der Waals surface area contributed by atoms with Gasteiger partial charge in [0.05, 0.1) is 0 Å². The lowest BCUT2D eigenvalue weighted by molar-refractivity contribution is -0.126. The van der Waals surface area contributed by atoms with Crippen molar-refractivity contribution in [2.24, 2.45) is 11.7 Å². The molecule has 1 aromatic carbocycles. The van der Waals surface area contributed by atoms with Crippen LogP contribution in [0.4, 0.5) is 0 Å². The Labute approximate surface area is 182 Å². The number of nitrogens with two attached hydrogens (primary N) is 1. The number of nitrogens with zero attached hydrogens (tertiary/aromatic N) is 2. The predicted octanol–water partition coefficient (Wildman–Crippen LogP) is 2.52. The average Bonchev–Trinajstić information content (AvgIpc) is 2.61. The van der Waals surface area contributed by atoms with Gasteiger partial charge in [-0.2, -0.15) is 0 Å². The monoisotopic (exact) mass is 440 g/mol. The number of rotatable bonds is 7. The van der Waals surface area contributed by atoms with Gasteiger partial charge in [0.1, 0.15) is 5.54 Å². The van der Waals surface area contributed by atoms with Gasteiger partial charge < -0.3 is 20.9 Å². The molecule has 1 aliphatic rings. The molecule has 5 nitrogen and oxygen atoms in total. The van der Waals surface area contributed by atoms with Crippen LogP contribution in [0.15, 0.2) is 30.3 Å². The zero-order valence-corrected chi connectivity index (χ0v) is 19.0. The van der Waals surface area contributed by atoms with Crippen LogP contribution in [0.1, 0.15) is 26.3 Å². The fraction of sp³-hybridized carbons (Fsp3) is 0.632. The summed E-state index contributed by atoms with van der Waals surface area (Å²) in [6.07, 6.45) is 0. The molecule has 0 radical (unpaired) electrons. The fourth-order valence-corrected chi connectivity index (χ4v) is 3.16. The van der Waals surface area contributed by atoms with E-state index in [1.807, 2.05) is 30.3 Å². The summed E-state index contributed by atoms with van der Waals surface area (Å²) in [5.74, 6) is 0.296. The van der Waals surface area contributed by atoms with Crippen LogP contribution in [0.2, 0.25) is 0 Å². The normalized spacial score (nSPS) is 18.1. The number of piperazine rings is 1. The molecule has 1 aromatic rings. The molecule has 1 fully saturated rings. The minimum absolute atomic E-state index is 0. The van der Waals surface area contributed by atoms with Gasteiger partial charge in [0.25, 0.3) is 0 Å². The third kappa shape index (κ3) is 8.55. The lowest BCUT2D eigenvalue weighted by Gasteiger charge is -2.35. The third-order valence-corrected chi connectivity index (χ3v) is 4.94. The summed E-state index contributed by atoms with van der Waals surface area (Å²) in [4.78, 5) is 17.5. The van der Waals surface area contributed by atoms with E-state index in [9.17, 15) is 4.79 Å². The molecule has 0 aromatic heterocycles. The van der Waals surface area contributed by atoms with Crippen molar-refractivity contribution >= 4 is 43.1 Å². The molecule has 8 heteroatoms. The summed E-state index contributed by atoms with van der Waals surface area (Å²) >= 11 is 0. The molecule has 2 atom stereocenters. The molecule has 1 saturated heterocycles. The number of hydrogen-bond donors (Lipinski definition) is 2. The molecule has 0 saturated carbocycles. The van der Waals surface area contributed by atoms with Crippen LogP contribution >= 0.6 is 37.2 Å². The van der Waals surface area contributed by atoms with Crippen molar-refractivity contribution in [3.63, 3.8) is 0 Å². The zero-order valence-electron chi connectivity index (χ0n) is 16.5. The predicted molar refractivity (Wildman–Crippen MR) is 120 cm³/mol. The molecule has 27 heavy (non-hydrogen) atoms. The van der Waals surface area contributed by atoms with E-state index in [1.165, 1.54) is 0 Å². The van der Waals surface area contributed by atoms with Crippen molar-refractivity contribution in [2.45, 2.75) is 26.3 Å². The number of carbonyl (C=O) groups excluding carboxylic acids is 1. The maximum Gasteiger partial charge on any atom is 0.244 e. The molecule has 0 bridgehead atoms. The van der Waals surface area contributed by atoms with E-state index in [4.69, 9.17) is 5.73 Å². The molecule has 2 unspecified atom stereocenters. The Morgan fingerprint density at radius 2 is 1.63 bits per heavy atom. The smallest absolute Gasteiger partial charge is 0.244 e. The number of likely N-dealkylation sites (N-methyl/N-ethyl adjacent to an activating group) is 1. The van der Waals surface area contributed by atoms with Crippen molar-refractivity contribution in [3.8, 4) is 0 Å². The third-order valence-electron chi connectivity index (χ3n) is 4.94. The summed E-state index contributed by atoms with van der Waals surface area (Å²) in [7, 11) is 0. The van der Waals surface area contributed by atoms with Gasteiger partial charge in [-0.1, -0.05) is 44.2 Å². The van der Waals surface area contributed by atoms with Crippen molar-refractivity contribution < 1.29 is 4.79 Å². The first-order valence-electron chi connectivity index (χ1n) is 9.01. The van der Waals surface area contributed by atoms with Crippen LogP contribution in [0.3, 0.4) is 0 Å². The van der Waals surface area contributed by atoms with Crippen LogP contribution in [-0.2, 0) is 10.3 Å². The lowest BCUT2D eigenvalue weighted by atomic mass is 9.92. The Hall–Kier alpha value is -0.560. The first-order chi connectivity index (χ1) is 11.4. The van der Waals surface area contributed by atoms with Crippen molar-refractivity contribution in [3.05, 3.63) is 35.9 Å². The molecule has 1 heterocycles. The Morgan fingerprint density at radius 1 is 1.11 bits per heavy atom. The van der Waals surface area contributed by atoms with E-state index >= 15 is 0 Å². The first kappa shape index (κ1) is 28.6. The standard InChI is InChI=1S/C19H32N4O.3ClH/c1-4-22-10-12-23(13-11-22)15-16(2)14-21-18(24)19(3,20)17-8-6-5-7-9-17;;;/h5-9,16H,4,10-15,20H2,1-3H3,(H,21,24);3*1H. The van der Waals surface area contributed by atoms with Gasteiger partial charge in [0.2, 0.25) is 5.91 Å². The van der Waals surface area contributed by atoms with E-state index in [-0.39, 0.29) is 43.1 Å². The van der Waals surface area contributed by atoms with Crippen LogP contribution < -0.4 is 11.1 Å². The maximum atomic E-state index is 12.5. The van der Waals surface area contributed by atoms with Gasteiger partial charge in [0.15, 0.2) is 0 Å². The molecule has 1 aliphatic heterocycles. The van der Waals surface area contributed by atoms with Crippen LogP contribution in [0.5, 0.6) is 0 Å². The number of hydrogen-bond acceptors (Lipinski definition) is 4. The molecule has 158 valence electrons. The largest absolute Gasteiger partial charge is 0.354 e. The first-order valence-corrected chi connectivity index (χ1v) is 9.01. The summed E-state index contributed by atoms with van der Waals surface area (Å²) in [6.45, 7) is 13.5. The van der Waals surface area contributed by atoms with Crippen molar-refractivity contribution in [1.82, 2.24) is 15.1 Å². The van der Waals surface area contributed by atoms with Gasteiger partial charge in [-0.05, 0) is 24.9 Å². The molecule has 0 aliphatic carbocycles. The zero-order chi connectivity index (χ0) is 17.6. The molecular weight excluding hydrogens is 407 g/mol. The van der Waals surface area contributed by atoms with Gasteiger partial charge in [-0.3, -0.25) is 4.79 Å². The Morgan fingerprint density at radius 3 is 2.15 bits per heavy atom. The fourth-order valence-electron chi connectivity index (χ4n) is 3.16. The van der Waals surface area contributed by atoms with E-state index in [0.29, 0.717) is 12.5 Å². The molecular formula is C19H35Cl3N4O. The van der Waals surface area contributed by atoms with Gasteiger partial charge in [-0.15, -0.1) is 37.2 Å². The Bertz CT molecular complexity index is 523. The summed E-state index contributed by atoms with van der Waals surface area (Å²) in [5.41, 5.74) is 6.10. The molecule has 3 N–H and O–H groups in total. The second-order valence-electron chi connectivity index (χ2n) is 7.12. The maximum absolute atomic E-state index is 12.5. The van der Waals surface area contributed by atoms with Gasteiger partial charge in [0, 0.05) is 39.3 Å². The molecule has 0 spiro atoms. The van der Waals surface area contributed by atoms with E-state index in [1.54, 1.807) is 6.92 Å². The minimum atomic E-state index is -0.992. The van der Waals surface area contributed by atoms with Crippen molar-refractivity contribution in [1.29, 1.82) is 0 Å². The SMILES string of the molecule is CCN1CCN(CC(C)CNC(=O)C(C)(N)c2ccccc2)CC1.Cl.Cl.Cl. The highest BCUT2D eigenvalue weighted by molar-refractivity contribution is 5.87.